The number of anilines is 2. The molecule has 4 saturated carbocycles. The number of ketones is 2. The average molecular weight is 437 g/mol. The average Bonchev–Trinajstić information content (AvgIpc) is 3.47. The number of Topliss-reactive ketones (excluding diaryl/α,β-unsaturated/α-hetero) is 2. The molecule has 0 aliphatic heterocycles. The van der Waals surface area contributed by atoms with Gasteiger partial charge in [-0.05, 0) is 74.6 Å². The van der Waals surface area contributed by atoms with Gasteiger partial charge in [-0.3, -0.25) is 19.2 Å². The second-order valence-electron chi connectivity index (χ2n) is 11.6. The van der Waals surface area contributed by atoms with Gasteiger partial charge in [0.2, 0.25) is 11.8 Å². The third kappa shape index (κ3) is 2.64. The maximum Gasteiger partial charge on any atom is 0.238 e. The third-order valence-corrected chi connectivity index (χ3v) is 9.38. The predicted molar refractivity (Wildman–Crippen MR) is 121 cm³/mol. The Labute approximate surface area is 188 Å². The topological polar surface area (TPSA) is 92.3 Å². The second-order valence-corrected chi connectivity index (χ2v) is 11.6. The van der Waals surface area contributed by atoms with E-state index in [1.807, 2.05) is 27.7 Å². The molecule has 4 aliphatic carbocycles. The van der Waals surface area contributed by atoms with Gasteiger partial charge >= 0.3 is 0 Å². The zero-order valence-corrected chi connectivity index (χ0v) is 19.3. The first-order valence-electron chi connectivity index (χ1n) is 11.8. The Bertz CT molecular complexity index is 957. The van der Waals surface area contributed by atoms with Crippen LogP contribution in [0.1, 0.15) is 66.2 Å². The van der Waals surface area contributed by atoms with Crippen LogP contribution < -0.4 is 10.6 Å². The lowest BCUT2D eigenvalue weighted by Gasteiger charge is -2.32. The van der Waals surface area contributed by atoms with Crippen molar-refractivity contribution in [3.05, 3.63) is 24.3 Å². The van der Waals surface area contributed by atoms with E-state index in [0.717, 1.165) is 12.8 Å². The number of hydrogen-bond donors (Lipinski definition) is 2. The number of rotatable bonds is 4. The van der Waals surface area contributed by atoms with Crippen LogP contribution in [0.15, 0.2) is 24.3 Å². The fourth-order valence-corrected chi connectivity index (χ4v) is 7.10. The van der Waals surface area contributed by atoms with E-state index in [4.69, 9.17) is 0 Å². The lowest BCUT2D eigenvalue weighted by molar-refractivity contribution is -0.143. The highest BCUT2D eigenvalue weighted by molar-refractivity contribution is 6.16. The molecule has 0 saturated heterocycles. The molecule has 0 aromatic heterocycles. The minimum atomic E-state index is -0.908. The van der Waals surface area contributed by atoms with Gasteiger partial charge in [-0.15, -0.1) is 0 Å². The lowest BCUT2D eigenvalue weighted by atomic mass is 9.70. The summed E-state index contributed by atoms with van der Waals surface area (Å²) in [5.74, 6) is 0.221. The van der Waals surface area contributed by atoms with E-state index in [9.17, 15) is 19.2 Å². The monoisotopic (exact) mass is 436 g/mol. The Balaban J connectivity index is 1.27. The summed E-state index contributed by atoms with van der Waals surface area (Å²) in [5.41, 5.74) is -1.49. The Morgan fingerprint density at radius 3 is 1.34 bits per heavy atom. The molecule has 4 bridgehead atoms. The van der Waals surface area contributed by atoms with Crippen molar-refractivity contribution >= 4 is 34.8 Å². The highest BCUT2D eigenvalue weighted by Gasteiger charge is 2.66. The van der Waals surface area contributed by atoms with Crippen LogP contribution in [0.5, 0.6) is 0 Å². The van der Waals surface area contributed by atoms with Gasteiger partial charge in [-0.2, -0.15) is 0 Å². The van der Waals surface area contributed by atoms with E-state index >= 15 is 0 Å². The van der Waals surface area contributed by atoms with Crippen molar-refractivity contribution in [1.82, 2.24) is 0 Å². The van der Waals surface area contributed by atoms with E-state index in [2.05, 4.69) is 10.6 Å². The van der Waals surface area contributed by atoms with Gasteiger partial charge in [0.15, 0.2) is 11.6 Å². The first-order chi connectivity index (χ1) is 14.9. The quantitative estimate of drug-likeness (QED) is 0.686. The molecule has 0 spiro atoms. The van der Waals surface area contributed by atoms with Crippen LogP contribution in [0.25, 0.3) is 0 Å². The molecule has 4 fully saturated rings. The molecule has 5 rings (SSSR count). The maximum absolute atomic E-state index is 13.1. The summed E-state index contributed by atoms with van der Waals surface area (Å²) in [5, 5.41) is 5.85. The van der Waals surface area contributed by atoms with Crippen LogP contribution in [0.3, 0.4) is 0 Å². The number of hydrogen-bond acceptors (Lipinski definition) is 4. The van der Waals surface area contributed by atoms with Gasteiger partial charge in [-0.25, -0.2) is 0 Å². The molecule has 1 aromatic rings. The van der Waals surface area contributed by atoms with Crippen LogP contribution in [0.2, 0.25) is 0 Å². The zero-order valence-electron chi connectivity index (χ0n) is 19.3. The predicted octanol–water partition coefficient (Wildman–Crippen LogP) is 4.35. The van der Waals surface area contributed by atoms with E-state index in [-0.39, 0.29) is 35.2 Å². The van der Waals surface area contributed by atoms with Crippen molar-refractivity contribution in [1.29, 1.82) is 0 Å². The molecule has 2 N–H and O–H groups in total. The summed E-state index contributed by atoms with van der Waals surface area (Å²) in [6.45, 7) is 7.81. The molecule has 0 heterocycles. The lowest BCUT2D eigenvalue weighted by Crippen LogP contribution is -2.44. The summed E-state index contributed by atoms with van der Waals surface area (Å²) in [7, 11) is 0. The van der Waals surface area contributed by atoms with Crippen LogP contribution in [-0.4, -0.2) is 23.4 Å². The van der Waals surface area contributed by atoms with Crippen molar-refractivity contribution in [2.45, 2.75) is 66.2 Å². The molecule has 6 nitrogen and oxygen atoms in total. The molecule has 2 amide bonds. The molecular weight excluding hydrogens is 404 g/mol. The number of carbonyl (C=O) groups excluding carboxylic acids is 4. The Morgan fingerprint density at radius 2 is 1.06 bits per heavy atom. The Kier molecular flexibility index (Phi) is 4.35. The van der Waals surface area contributed by atoms with E-state index in [0.29, 0.717) is 37.1 Å². The van der Waals surface area contributed by atoms with Crippen LogP contribution >= 0.6 is 0 Å². The first kappa shape index (κ1) is 21.4. The van der Waals surface area contributed by atoms with Crippen LogP contribution in [0.4, 0.5) is 11.4 Å². The molecule has 1 aromatic carbocycles. The Morgan fingerprint density at radius 1 is 0.719 bits per heavy atom. The van der Waals surface area contributed by atoms with Crippen molar-refractivity contribution in [3.63, 3.8) is 0 Å². The summed E-state index contributed by atoms with van der Waals surface area (Å²) < 4.78 is 0. The van der Waals surface area contributed by atoms with E-state index in [1.54, 1.807) is 24.3 Å². The number of amides is 2. The summed E-state index contributed by atoms with van der Waals surface area (Å²) in [6.07, 6.45) is 4.32. The summed E-state index contributed by atoms with van der Waals surface area (Å²) >= 11 is 0. The second kappa shape index (κ2) is 6.52. The molecule has 4 atom stereocenters. The Hall–Kier alpha value is -2.50. The summed E-state index contributed by atoms with van der Waals surface area (Å²) in [6, 6.07) is 6.93. The fourth-order valence-electron chi connectivity index (χ4n) is 7.10. The van der Waals surface area contributed by atoms with Gasteiger partial charge in [0.25, 0.3) is 0 Å². The fraction of sp³-hybridized carbons (Fsp3) is 0.615. The van der Waals surface area contributed by atoms with Gasteiger partial charge < -0.3 is 10.6 Å². The molecule has 32 heavy (non-hydrogen) atoms. The molecule has 0 radical (unpaired) electrons. The van der Waals surface area contributed by atoms with Crippen molar-refractivity contribution in [3.8, 4) is 0 Å². The SMILES string of the molecule is CC1(C)C(=O)[C@@]2(C(=O)Nc3ccc(NC(=O)[C@]45CC[C@@H](C4)C(C)(C)C5=O)cc3)CC[C@@H]1C2. The maximum atomic E-state index is 13.1. The standard InChI is InChI=1S/C26H32N2O4/c1-23(2)15-9-11-25(13-15,19(23)29)21(31)27-17-5-7-18(8-6-17)28-22(32)26-12-10-16(14-26)24(3,4)20(26)30/h5-8,15-16H,9-14H2,1-4H3,(H,27,31)(H,28,32)/t15-,16+,25-,26-/m1/s1. The number of nitrogens with one attached hydrogen (secondary N) is 2. The zero-order chi connectivity index (χ0) is 23.1. The minimum absolute atomic E-state index is 0.0564. The van der Waals surface area contributed by atoms with Crippen molar-refractivity contribution in [2.24, 2.45) is 33.5 Å². The van der Waals surface area contributed by atoms with Crippen molar-refractivity contribution in [2.75, 3.05) is 10.6 Å². The highest BCUT2D eigenvalue weighted by Crippen LogP contribution is 2.61. The van der Waals surface area contributed by atoms with Gasteiger partial charge in [0.1, 0.15) is 10.8 Å². The summed E-state index contributed by atoms with van der Waals surface area (Å²) in [4.78, 5) is 52.0. The normalized spacial score (nSPS) is 35.9. The van der Waals surface area contributed by atoms with Crippen LogP contribution in [-0.2, 0) is 19.2 Å². The molecule has 6 heteroatoms. The van der Waals surface area contributed by atoms with E-state index < -0.39 is 21.7 Å². The van der Waals surface area contributed by atoms with E-state index in [1.165, 1.54) is 0 Å². The van der Waals surface area contributed by atoms with Gasteiger partial charge in [-0.1, -0.05) is 27.7 Å². The van der Waals surface area contributed by atoms with Crippen LogP contribution in [0, 0.1) is 33.5 Å². The molecular formula is C26H32N2O4. The highest BCUT2D eigenvalue weighted by atomic mass is 16.2. The molecule has 0 unspecified atom stereocenters. The smallest absolute Gasteiger partial charge is 0.238 e. The number of benzene rings is 1. The minimum Gasteiger partial charge on any atom is -0.325 e. The first-order valence-corrected chi connectivity index (χ1v) is 11.8. The third-order valence-electron chi connectivity index (χ3n) is 9.38. The largest absolute Gasteiger partial charge is 0.325 e. The molecule has 170 valence electrons. The number of fused-ring (bicyclic) bond motifs is 4. The van der Waals surface area contributed by atoms with Gasteiger partial charge in [0.05, 0.1) is 0 Å². The number of carbonyl (C=O) groups is 4. The van der Waals surface area contributed by atoms with Crippen molar-refractivity contribution < 1.29 is 19.2 Å². The van der Waals surface area contributed by atoms with Gasteiger partial charge in [0, 0.05) is 22.2 Å². The molecule has 4 aliphatic rings.